The second kappa shape index (κ2) is 4.78. The third-order valence-corrected chi connectivity index (χ3v) is 3.99. The predicted octanol–water partition coefficient (Wildman–Crippen LogP) is 3.28. The standard InChI is InChI=1S/C15H18F2N2O/c1-13(2,20)12-4-3-11(9-19-12)14(10-18)5-7-15(16,17)8-6-14/h3-4,9,20H,5-8H2,1-2H3. The van der Waals surface area contributed by atoms with E-state index in [0.29, 0.717) is 11.3 Å². The summed E-state index contributed by atoms with van der Waals surface area (Å²) in [5.74, 6) is -2.67. The highest BCUT2D eigenvalue weighted by Crippen LogP contribution is 2.45. The maximum absolute atomic E-state index is 13.3. The number of rotatable bonds is 2. The van der Waals surface area contributed by atoms with E-state index in [9.17, 15) is 19.1 Å². The smallest absolute Gasteiger partial charge is 0.248 e. The molecule has 1 aromatic heterocycles. The highest BCUT2D eigenvalue weighted by Gasteiger charge is 2.44. The van der Waals surface area contributed by atoms with Gasteiger partial charge in [-0.25, -0.2) is 8.78 Å². The normalized spacial score (nSPS) is 21.2. The number of alkyl halides is 2. The van der Waals surface area contributed by atoms with Crippen molar-refractivity contribution in [2.75, 3.05) is 0 Å². The minimum absolute atomic E-state index is 0.139. The largest absolute Gasteiger partial charge is 0.384 e. The van der Waals surface area contributed by atoms with Crippen LogP contribution in [0.1, 0.15) is 50.8 Å². The van der Waals surface area contributed by atoms with Gasteiger partial charge in [-0.2, -0.15) is 5.26 Å². The Morgan fingerprint density at radius 3 is 2.25 bits per heavy atom. The van der Waals surface area contributed by atoms with E-state index >= 15 is 0 Å². The predicted molar refractivity (Wildman–Crippen MR) is 70.2 cm³/mol. The third-order valence-electron chi connectivity index (χ3n) is 3.99. The maximum Gasteiger partial charge on any atom is 0.248 e. The van der Waals surface area contributed by atoms with E-state index in [0.717, 1.165) is 0 Å². The molecule has 0 spiro atoms. The summed E-state index contributed by atoms with van der Waals surface area (Å²) in [6.07, 6.45) is 1.27. The van der Waals surface area contributed by atoms with E-state index in [-0.39, 0.29) is 25.7 Å². The minimum Gasteiger partial charge on any atom is -0.384 e. The van der Waals surface area contributed by atoms with E-state index in [1.165, 1.54) is 6.20 Å². The summed E-state index contributed by atoms with van der Waals surface area (Å²) in [4.78, 5) is 4.17. The Hall–Kier alpha value is -1.54. The lowest BCUT2D eigenvalue weighted by atomic mass is 9.70. The molecule has 1 heterocycles. The number of hydrogen-bond acceptors (Lipinski definition) is 3. The van der Waals surface area contributed by atoms with Crippen LogP contribution in [-0.4, -0.2) is 16.0 Å². The Morgan fingerprint density at radius 2 is 1.85 bits per heavy atom. The molecule has 1 aromatic rings. The first-order chi connectivity index (χ1) is 9.19. The van der Waals surface area contributed by atoms with Crippen molar-refractivity contribution in [1.82, 2.24) is 4.98 Å². The molecule has 0 aromatic carbocycles. The molecule has 5 heteroatoms. The van der Waals surface area contributed by atoms with E-state index in [2.05, 4.69) is 11.1 Å². The Kier molecular flexibility index (Phi) is 3.55. The summed E-state index contributed by atoms with van der Waals surface area (Å²) in [7, 11) is 0. The van der Waals surface area contributed by atoms with Crippen molar-refractivity contribution in [3.05, 3.63) is 29.6 Å². The molecule has 3 nitrogen and oxygen atoms in total. The molecule has 0 amide bonds. The van der Waals surface area contributed by atoms with Crippen LogP contribution in [0.15, 0.2) is 18.3 Å². The lowest BCUT2D eigenvalue weighted by Crippen LogP contribution is -2.35. The molecule has 2 rings (SSSR count). The van der Waals surface area contributed by atoms with Gasteiger partial charge in [0.25, 0.3) is 0 Å². The van der Waals surface area contributed by atoms with Crippen LogP contribution in [-0.2, 0) is 11.0 Å². The molecule has 1 saturated carbocycles. The van der Waals surface area contributed by atoms with E-state index in [1.807, 2.05) is 0 Å². The molecule has 0 atom stereocenters. The number of aliphatic hydroxyl groups is 1. The summed E-state index contributed by atoms with van der Waals surface area (Å²) in [6, 6.07) is 5.56. The Balaban J connectivity index is 2.28. The van der Waals surface area contributed by atoms with Crippen LogP contribution >= 0.6 is 0 Å². The van der Waals surface area contributed by atoms with E-state index < -0.39 is 16.9 Å². The lowest BCUT2D eigenvalue weighted by Gasteiger charge is -2.35. The molecule has 0 aliphatic heterocycles. The Morgan fingerprint density at radius 1 is 1.25 bits per heavy atom. The lowest BCUT2D eigenvalue weighted by molar-refractivity contribution is -0.0454. The molecule has 0 bridgehead atoms. The molecule has 0 saturated heterocycles. The fraction of sp³-hybridized carbons (Fsp3) is 0.600. The van der Waals surface area contributed by atoms with Crippen LogP contribution in [0.25, 0.3) is 0 Å². The molecule has 1 aliphatic rings. The zero-order valence-electron chi connectivity index (χ0n) is 11.7. The summed E-state index contributed by atoms with van der Waals surface area (Å²) in [6.45, 7) is 3.24. The number of aromatic nitrogens is 1. The first-order valence-corrected chi connectivity index (χ1v) is 6.67. The first-order valence-electron chi connectivity index (χ1n) is 6.67. The van der Waals surface area contributed by atoms with Crippen molar-refractivity contribution in [2.45, 2.75) is 56.5 Å². The fourth-order valence-corrected chi connectivity index (χ4v) is 2.55. The van der Waals surface area contributed by atoms with Crippen LogP contribution in [0.4, 0.5) is 8.78 Å². The SMILES string of the molecule is CC(C)(O)c1ccc(C2(C#N)CCC(F)(F)CC2)cn1. The topological polar surface area (TPSA) is 56.9 Å². The number of nitrogens with zero attached hydrogens (tertiary/aromatic N) is 2. The van der Waals surface area contributed by atoms with E-state index in [4.69, 9.17) is 0 Å². The Bertz CT molecular complexity index is 516. The number of hydrogen-bond donors (Lipinski definition) is 1. The number of halogens is 2. The van der Waals surface area contributed by atoms with Crippen LogP contribution in [0.5, 0.6) is 0 Å². The molecule has 20 heavy (non-hydrogen) atoms. The van der Waals surface area contributed by atoms with Gasteiger partial charge >= 0.3 is 0 Å². The average molecular weight is 280 g/mol. The minimum atomic E-state index is -2.67. The highest BCUT2D eigenvalue weighted by atomic mass is 19.3. The van der Waals surface area contributed by atoms with Gasteiger partial charge in [-0.1, -0.05) is 6.07 Å². The van der Waals surface area contributed by atoms with Gasteiger partial charge in [0.2, 0.25) is 5.92 Å². The third kappa shape index (κ3) is 2.80. The molecule has 1 fully saturated rings. The highest BCUT2D eigenvalue weighted by molar-refractivity contribution is 5.33. The monoisotopic (exact) mass is 280 g/mol. The molecular weight excluding hydrogens is 262 g/mol. The van der Waals surface area contributed by atoms with Crippen molar-refractivity contribution in [1.29, 1.82) is 5.26 Å². The van der Waals surface area contributed by atoms with Crippen LogP contribution in [0.3, 0.4) is 0 Å². The second-order valence-corrected chi connectivity index (χ2v) is 6.04. The number of pyridine rings is 1. The quantitative estimate of drug-likeness (QED) is 0.904. The average Bonchev–Trinajstić information content (AvgIpc) is 2.39. The van der Waals surface area contributed by atoms with Crippen LogP contribution < -0.4 is 0 Å². The summed E-state index contributed by atoms with van der Waals surface area (Å²) >= 11 is 0. The molecule has 0 radical (unpaired) electrons. The molecule has 1 aliphatic carbocycles. The zero-order valence-corrected chi connectivity index (χ0v) is 11.7. The maximum atomic E-state index is 13.3. The molecule has 1 N–H and O–H groups in total. The molecule has 108 valence electrons. The van der Waals surface area contributed by atoms with Gasteiger partial charge in [-0.15, -0.1) is 0 Å². The van der Waals surface area contributed by atoms with Crippen molar-refractivity contribution >= 4 is 0 Å². The summed E-state index contributed by atoms with van der Waals surface area (Å²) < 4.78 is 26.5. The van der Waals surface area contributed by atoms with Gasteiger partial charge < -0.3 is 5.11 Å². The van der Waals surface area contributed by atoms with Crippen molar-refractivity contribution in [3.63, 3.8) is 0 Å². The second-order valence-electron chi connectivity index (χ2n) is 6.04. The van der Waals surface area contributed by atoms with Crippen molar-refractivity contribution in [2.24, 2.45) is 0 Å². The van der Waals surface area contributed by atoms with Gasteiger partial charge in [0.05, 0.1) is 17.2 Å². The van der Waals surface area contributed by atoms with E-state index in [1.54, 1.807) is 26.0 Å². The van der Waals surface area contributed by atoms with Crippen LogP contribution in [0.2, 0.25) is 0 Å². The van der Waals surface area contributed by atoms with Gasteiger partial charge in [0.15, 0.2) is 0 Å². The first kappa shape index (κ1) is 14.9. The van der Waals surface area contributed by atoms with Crippen molar-refractivity contribution in [3.8, 4) is 6.07 Å². The Labute approximate surface area is 117 Å². The summed E-state index contributed by atoms with van der Waals surface area (Å²) in [5.41, 5.74) is -0.788. The van der Waals surface area contributed by atoms with Crippen LogP contribution in [0, 0.1) is 11.3 Å². The van der Waals surface area contributed by atoms with Gasteiger partial charge in [0.1, 0.15) is 5.60 Å². The number of nitriles is 1. The van der Waals surface area contributed by atoms with Gasteiger partial charge in [-0.3, -0.25) is 4.98 Å². The summed E-state index contributed by atoms with van der Waals surface area (Å²) in [5, 5.41) is 19.3. The zero-order chi connectivity index (χ0) is 15.0. The van der Waals surface area contributed by atoms with Gasteiger partial charge in [-0.05, 0) is 38.3 Å². The fourth-order valence-electron chi connectivity index (χ4n) is 2.55. The molecule has 0 unspecified atom stereocenters. The van der Waals surface area contributed by atoms with Crippen molar-refractivity contribution < 1.29 is 13.9 Å². The van der Waals surface area contributed by atoms with Gasteiger partial charge in [0, 0.05) is 19.0 Å². The molecular formula is C15H18F2N2O.